The molecular weight excluding hydrogens is 311 g/mol. The van der Waals surface area contributed by atoms with Crippen molar-refractivity contribution in [3.05, 3.63) is 65.5 Å². The quantitative estimate of drug-likeness (QED) is 0.827. The van der Waals surface area contributed by atoms with Crippen molar-refractivity contribution in [1.29, 1.82) is 0 Å². The fourth-order valence-electron chi connectivity index (χ4n) is 2.04. The van der Waals surface area contributed by atoms with Crippen molar-refractivity contribution < 1.29 is 18.7 Å². The lowest BCUT2D eigenvalue weighted by molar-refractivity contribution is -0.132. The summed E-state index contributed by atoms with van der Waals surface area (Å²) in [6.07, 6.45) is -0.809. The van der Waals surface area contributed by atoms with Crippen LogP contribution in [0, 0.1) is 12.7 Å². The maximum absolute atomic E-state index is 13.5. The first-order chi connectivity index (χ1) is 11.5. The molecule has 0 aliphatic heterocycles. The van der Waals surface area contributed by atoms with E-state index >= 15 is 0 Å². The lowest BCUT2D eigenvalue weighted by Gasteiger charge is -2.15. The molecular formula is C18H19FN2O3. The van der Waals surface area contributed by atoms with Gasteiger partial charge in [0.15, 0.2) is 17.7 Å². The highest BCUT2D eigenvalue weighted by atomic mass is 19.1. The van der Waals surface area contributed by atoms with Gasteiger partial charge in [0, 0.05) is 0 Å². The third-order valence-corrected chi connectivity index (χ3v) is 3.45. The molecule has 126 valence electrons. The van der Waals surface area contributed by atoms with Crippen LogP contribution >= 0.6 is 0 Å². The van der Waals surface area contributed by atoms with Gasteiger partial charge in [0.1, 0.15) is 0 Å². The van der Waals surface area contributed by atoms with Gasteiger partial charge in [-0.3, -0.25) is 20.4 Å². The molecule has 0 aliphatic rings. The third-order valence-electron chi connectivity index (χ3n) is 3.45. The molecule has 0 heterocycles. The molecule has 0 aromatic heterocycles. The standard InChI is InChI=1S/C18H19FN2O3/c1-12-7-3-4-8-14(12)11-17(22)20-21-18(23)13(2)24-16-10-6-5-9-15(16)19/h3-10,13H,11H2,1-2H3,(H,20,22)(H,21,23)/t13-/m0/s1. The second kappa shape index (κ2) is 8.10. The van der Waals surface area contributed by atoms with Crippen LogP contribution in [0.1, 0.15) is 18.1 Å². The van der Waals surface area contributed by atoms with E-state index in [0.29, 0.717) is 0 Å². The largest absolute Gasteiger partial charge is 0.478 e. The highest BCUT2D eigenvalue weighted by Gasteiger charge is 2.17. The molecule has 2 rings (SSSR count). The molecule has 0 bridgehead atoms. The van der Waals surface area contributed by atoms with Crippen LogP contribution in [-0.2, 0) is 16.0 Å². The van der Waals surface area contributed by atoms with Crippen LogP contribution in [0.15, 0.2) is 48.5 Å². The van der Waals surface area contributed by atoms with E-state index in [9.17, 15) is 14.0 Å². The lowest BCUT2D eigenvalue weighted by Crippen LogP contribution is -2.47. The van der Waals surface area contributed by atoms with Gasteiger partial charge in [-0.2, -0.15) is 0 Å². The summed E-state index contributed by atoms with van der Waals surface area (Å²) in [5.74, 6) is -1.50. The average Bonchev–Trinajstić information content (AvgIpc) is 2.56. The van der Waals surface area contributed by atoms with E-state index < -0.39 is 17.8 Å². The number of rotatable bonds is 5. The van der Waals surface area contributed by atoms with Crippen molar-refractivity contribution in [3.8, 4) is 5.75 Å². The summed E-state index contributed by atoms with van der Waals surface area (Å²) in [4.78, 5) is 23.8. The molecule has 2 aromatic carbocycles. The van der Waals surface area contributed by atoms with Crippen LogP contribution in [0.2, 0.25) is 0 Å². The van der Waals surface area contributed by atoms with E-state index in [1.54, 1.807) is 6.07 Å². The SMILES string of the molecule is Cc1ccccc1CC(=O)NNC(=O)[C@H](C)Oc1ccccc1F. The monoisotopic (exact) mass is 330 g/mol. The number of hydrazine groups is 1. The lowest BCUT2D eigenvalue weighted by atomic mass is 10.1. The molecule has 0 spiro atoms. The van der Waals surface area contributed by atoms with Gasteiger partial charge >= 0.3 is 0 Å². The molecule has 1 atom stereocenters. The van der Waals surface area contributed by atoms with Crippen LogP contribution < -0.4 is 15.6 Å². The highest BCUT2D eigenvalue weighted by molar-refractivity contribution is 5.85. The molecule has 5 nitrogen and oxygen atoms in total. The molecule has 0 saturated carbocycles. The Labute approximate surface area is 139 Å². The first-order valence-electron chi connectivity index (χ1n) is 7.51. The number of ether oxygens (including phenoxy) is 1. The molecule has 0 saturated heterocycles. The van der Waals surface area contributed by atoms with Crippen molar-refractivity contribution in [1.82, 2.24) is 10.9 Å². The van der Waals surface area contributed by atoms with E-state index in [2.05, 4.69) is 10.9 Å². The fourth-order valence-corrected chi connectivity index (χ4v) is 2.04. The first-order valence-corrected chi connectivity index (χ1v) is 7.51. The third kappa shape index (κ3) is 4.81. The second-order valence-corrected chi connectivity index (χ2v) is 5.33. The topological polar surface area (TPSA) is 67.4 Å². The maximum atomic E-state index is 13.5. The Balaban J connectivity index is 1.83. The Hall–Kier alpha value is -2.89. The van der Waals surface area contributed by atoms with Gasteiger partial charge in [0.2, 0.25) is 5.91 Å². The molecule has 24 heavy (non-hydrogen) atoms. The molecule has 0 unspecified atom stereocenters. The average molecular weight is 330 g/mol. The van der Waals surface area contributed by atoms with Crippen LogP contribution in [0.5, 0.6) is 5.75 Å². The Bertz CT molecular complexity index is 734. The maximum Gasteiger partial charge on any atom is 0.279 e. The van der Waals surface area contributed by atoms with Gasteiger partial charge in [-0.25, -0.2) is 4.39 Å². The van der Waals surface area contributed by atoms with Crippen LogP contribution in [0.25, 0.3) is 0 Å². The van der Waals surface area contributed by atoms with E-state index in [1.807, 2.05) is 31.2 Å². The number of aryl methyl sites for hydroxylation is 1. The van der Waals surface area contributed by atoms with Crippen LogP contribution in [-0.4, -0.2) is 17.9 Å². The van der Waals surface area contributed by atoms with Crippen molar-refractivity contribution >= 4 is 11.8 Å². The summed E-state index contributed by atoms with van der Waals surface area (Å²) >= 11 is 0. The molecule has 6 heteroatoms. The minimum atomic E-state index is -0.958. The molecule has 2 amide bonds. The smallest absolute Gasteiger partial charge is 0.279 e. The zero-order valence-electron chi connectivity index (χ0n) is 13.5. The summed E-state index contributed by atoms with van der Waals surface area (Å²) in [7, 11) is 0. The molecule has 0 radical (unpaired) electrons. The normalized spacial score (nSPS) is 11.5. The van der Waals surface area contributed by atoms with Gasteiger partial charge in [0.25, 0.3) is 5.91 Å². The predicted molar refractivity (Wildman–Crippen MR) is 87.7 cm³/mol. The summed E-state index contributed by atoms with van der Waals surface area (Å²) in [5.41, 5.74) is 6.47. The second-order valence-electron chi connectivity index (χ2n) is 5.33. The van der Waals surface area contributed by atoms with Crippen molar-refractivity contribution in [3.63, 3.8) is 0 Å². The van der Waals surface area contributed by atoms with E-state index in [1.165, 1.54) is 25.1 Å². The number of hydrogen-bond donors (Lipinski definition) is 2. The first kappa shape index (κ1) is 17.5. The zero-order valence-corrected chi connectivity index (χ0v) is 13.5. The van der Waals surface area contributed by atoms with Gasteiger partial charge < -0.3 is 4.74 Å². The number of benzene rings is 2. The highest BCUT2D eigenvalue weighted by Crippen LogP contribution is 2.16. The Morgan fingerprint density at radius 3 is 2.46 bits per heavy atom. The van der Waals surface area contributed by atoms with E-state index in [0.717, 1.165) is 11.1 Å². The predicted octanol–water partition coefficient (Wildman–Crippen LogP) is 2.29. The number of nitrogens with one attached hydrogen (secondary N) is 2. The number of halogens is 1. The number of para-hydroxylation sites is 1. The Morgan fingerprint density at radius 1 is 1.08 bits per heavy atom. The van der Waals surface area contributed by atoms with E-state index in [-0.39, 0.29) is 18.1 Å². The van der Waals surface area contributed by atoms with Gasteiger partial charge in [-0.15, -0.1) is 0 Å². The molecule has 0 fully saturated rings. The summed E-state index contributed by atoms with van der Waals surface area (Å²) in [6.45, 7) is 3.38. The number of carbonyl (C=O) groups excluding carboxylic acids is 2. The fraction of sp³-hybridized carbons (Fsp3) is 0.222. The minimum absolute atomic E-state index is 0.0219. The summed E-state index contributed by atoms with van der Waals surface area (Å²) in [5, 5.41) is 0. The van der Waals surface area contributed by atoms with Crippen LogP contribution in [0.3, 0.4) is 0 Å². The minimum Gasteiger partial charge on any atom is -0.478 e. The molecule has 2 N–H and O–H groups in total. The molecule has 0 aliphatic carbocycles. The summed E-state index contributed by atoms with van der Waals surface area (Å²) in [6, 6.07) is 13.3. The number of carbonyl (C=O) groups is 2. The summed E-state index contributed by atoms with van der Waals surface area (Å²) < 4.78 is 18.7. The van der Waals surface area contributed by atoms with Crippen LogP contribution in [0.4, 0.5) is 4.39 Å². The zero-order chi connectivity index (χ0) is 17.5. The van der Waals surface area contributed by atoms with Gasteiger partial charge in [0.05, 0.1) is 6.42 Å². The Morgan fingerprint density at radius 2 is 1.75 bits per heavy atom. The van der Waals surface area contributed by atoms with Crippen molar-refractivity contribution in [2.45, 2.75) is 26.4 Å². The van der Waals surface area contributed by atoms with E-state index in [4.69, 9.17) is 4.74 Å². The van der Waals surface area contributed by atoms with Gasteiger partial charge in [-0.1, -0.05) is 36.4 Å². The molecule has 2 aromatic rings. The van der Waals surface area contributed by atoms with Gasteiger partial charge in [-0.05, 0) is 37.1 Å². The van der Waals surface area contributed by atoms with Crippen molar-refractivity contribution in [2.75, 3.05) is 0 Å². The number of amides is 2. The number of hydrogen-bond acceptors (Lipinski definition) is 3. The van der Waals surface area contributed by atoms with Crippen molar-refractivity contribution in [2.24, 2.45) is 0 Å². The Kier molecular flexibility index (Phi) is 5.89.